The molecule has 96 valence electrons. The number of aromatic amines is 1. The summed E-state index contributed by atoms with van der Waals surface area (Å²) in [5, 5.41) is 10.9. The molecule has 0 spiro atoms. The van der Waals surface area contributed by atoms with Crippen LogP contribution in [0.1, 0.15) is 28.6 Å². The van der Waals surface area contributed by atoms with Crippen molar-refractivity contribution in [1.82, 2.24) is 15.4 Å². The molecule has 1 unspecified atom stereocenters. The fourth-order valence-electron chi connectivity index (χ4n) is 2.10. The highest BCUT2D eigenvalue weighted by Gasteiger charge is 2.14. The molecule has 0 amide bonds. The van der Waals surface area contributed by atoms with Gasteiger partial charge in [-0.15, -0.1) is 0 Å². The van der Waals surface area contributed by atoms with Crippen LogP contribution in [-0.2, 0) is 12.8 Å². The highest BCUT2D eigenvalue weighted by molar-refractivity contribution is 5.29. The number of nitrogens with one attached hydrogen (secondary N) is 1. The molecular weight excluding hydrogens is 226 g/mol. The molecule has 1 heterocycles. The first kappa shape index (κ1) is 12.7. The highest BCUT2D eigenvalue weighted by Crippen LogP contribution is 2.19. The van der Waals surface area contributed by atoms with E-state index in [9.17, 15) is 0 Å². The Labute approximate surface area is 107 Å². The third kappa shape index (κ3) is 2.75. The Morgan fingerprint density at radius 1 is 1.22 bits per heavy atom. The number of rotatable bonds is 5. The fourth-order valence-corrected chi connectivity index (χ4v) is 2.10. The van der Waals surface area contributed by atoms with Crippen LogP contribution in [0.2, 0.25) is 0 Å². The zero-order valence-corrected chi connectivity index (χ0v) is 10.6. The first-order valence-corrected chi connectivity index (χ1v) is 6.12. The lowest BCUT2D eigenvalue weighted by atomic mass is 9.97. The summed E-state index contributed by atoms with van der Waals surface area (Å²) >= 11 is 0. The Morgan fingerprint density at radius 2 is 1.94 bits per heavy atom. The van der Waals surface area contributed by atoms with E-state index >= 15 is 0 Å². The van der Waals surface area contributed by atoms with Crippen LogP contribution in [0.15, 0.2) is 24.3 Å². The Kier molecular flexibility index (Phi) is 4.07. The van der Waals surface area contributed by atoms with Crippen molar-refractivity contribution in [2.24, 2.45) is 11.5 Å². The van der Waals surface area contributed by atoms with Gasteiger partial charge in [0.1, 0.15) is 0 Å². The van der Waals surface area contributed by atoms with Gasteiger partial charge in [-0.2, -0.15) is 15.4 Å². The average Bonchev–Trinajstić information content (AvgIpc) is 2.78. The lowest BCUT2D eigenvalue weighted by molar-refractivity contribution is 0.693. The zero-order valence-electron chi connectivity index (χ0n) is 10.6. The Bertz CT molecular complexity index is 506. The number of nitrogens with zero attached hydrogens (tertiary/aromatic N) is 2. The van der Waals surface area contributed by atoms with Crippen LogP contribution in [0.3, 0.4) is 0 Å². The van der Waals surface area contributed by atoms with E-state index in [2.05, 4.69) is 34.5 Å². The van der Waals surface area contributed by atoms with E-state index in [0.717, 1.165) is 23.4 Å². The van der Waals surface area contributed by atoms with Crippen molar-refractivity contribution in [3.63, 3.8) is 0 Å². The number of aryl methyl sites for hydroxylation is 1. The monoisotopic (exact) mass is 245 g/mol. The summed E-state index contributed by atoms with van der Waals surface area (Å²) in [7, 11) is 0. The van der Waals surface area contributed by atoms with Crippen molar-refractivity contribution in [3.8, 4) is 0 Å². The summed E-state index contributed by atoms with van der Waals surface area (Å²) < 4.78 is 0. The summed E-state index contributed by atoms with van der Waals surface area (Å²) in [5.74, 6) is 0. The third-order valence-corrected chi connectivity index (χ3v) is 3.09. The van der Waals surface area contributed by atoms with Crippen molar-refractivity contribution in [1.29, 1.82) is 0 Å². The van der Waals surface area contributed by atoms with Gasteiger partial charge >= 0.3 is 0 Å². The van der Waals surface area contributed by atoms with Crippen LogP contribution in [0.4, 0.5) is 0 Å². The van der Waals surface area contributed by atoms with Crippen LogP contribution in [-0.4, -0.2) is 22.0 Å². The molecule has 18 heavy (non-hydrogen) atoms. The van der Waals surface area contributed by atoms with Gasteiger partial charge < -0.3 is 11.5 Å². The van der Waals surface area contributed by atoms with E-state index < -0.39 is 0 Å². The molecule has 1 aromatic heterocycles. The molecule has 1 aromatic carbocycles. The molecule has 5 heteroatoms. The molecule has 0 aliphatic heterocycles. The topological polar surface area (TPSA) is 93.6 Å². The Hall–Kier alpha value is -1.72. The number of hydrogen-bond donors (Lipinski definition) is 3. The molecule has 5 N–H and O–H groups in total. The molecular formula is C13H19N5. The molecule has 2 aromatic rings. The summed E-state index contributed by atoms with van der Waals surface area (Å²) in [5.41, 5.74) is 16.0. The highest BCUT2D eigenvalue weighted by atomic mass is 15.3. The summed E-state index contributed by atoms with van der Waals surface area (Å²) in [4.78, 5) is 0. The van der Waals surface area contributed by atoms with Crippen LogP contribution < -0.4 is 11.5 Å². The zero-order chi connectivity index (χ0) is 13.0. The number of nitrogens with two attached hydrogens (primary N) is 2. The first-order valence-electron chi connectivity index (χ1n) is 6.12. The molecule has 0 radical (unpaired) electrons. The van der Waals surface area contributed by atoms with Gasteiger partial charge in [-0.3, -0.25) is 0 Å². The standard InChI is InChI=1S/C13H19N5/c1-9-4-2-3-5-10(9)11(15)8-13-12(6-7-14)16-18-17-13/h2-5,11H,6-8,14-15H2,1H3,(H,16,17,18). The number of hydrogen-bond acceptors (Lipinski definition) is 4. The smallest absolute Gasteiger partial charge is 0.0876 e. The quantitative estimate of drug-likeness (QED) is 0.728. The van der Waals surface area contributed by atoms with Crippen molar-refractivity contribution in [3.05, 3.63) is 46.8 Å². The second-order valence-electron chi connectivity index (χ2n) is 4.42. The minimum atomic E-state index is -0.0622. The van der Waals surface area contributed by atoms with Crippen molar-refractivity contribution in [2.75, 3.05) is 6.54 Å². The Balaban J connectivity index is 2.14. The third-order valence-electron chi connectivity index (χ3n) is 3.09. The molecule has 0 fully saturated rings. The van der Waals surface area contributed by atoms with E-state index in [1.54, 1.807) is 0 Å². The van der Waals surface area contributed by atoms with Crippen molar-refractivity contribution >= 4 is 0 Å². The lowest BCUT2D eigenvalue weighted by Gasteiger charge is -2.13. The number of aromatic nitrogens is 3. The van der Waals surface area contributed by atoms with E-state index in [4.69, 9.17) is 11.5 Å². The van der Waals surface area contributed by atoms with Crippen molar-refractivity contribution in [2.45, 2.75) is 25.8 Å². The molecule has 0 saturated heterocycles. The van der Waals surface area contributed by atoms with Crippen LogP contribution >= 0.6 is 0 Å². The largest absolute Gasteiger partial charge is 0.330 e. The van der Waals surface area contributed by atoms with Gasteiger partial charge in [0.25, 0.3) is 0 Å². The maximum atomic E-state index is 6.24. The minimum absolute atomic E-state index is 0.0622. The molecule has 0 aliphatic carbocycles. The predicted molar refractivity (Wildman–Crippen MR) is 71.0 cm³/mol. The van der Waals surface area contributed by atoms with Gasteiger partial charge in [0.15, 0.2) is 0 Å². The molecule has 5 nitrogen and oxygen atoms in total. The van der Waals surface area contributed by atoms with Crippen LogP contribution in [0.25, 0.3) is 0 Å². The van der Waals surface area contributed by atoms with Gasteiger partial charge in [-0.1, -0.05) is 24.3 Å². The van der Waals surface area contributed by atoms with E-state index in [1.807, 2.05) is 12.1 Å². The first-order chi connectivity index (χ1) is 8.72. The van der Waals surface area contributed by atoms with Gasteiger partial charge in [0.05, 0.1) is 11.4 Å². The Morgan fingerprint density at radius 3 is 2.67 bits per heavy atom. The van der Waals surface area contributed by atoms with Crippen LogP contribution in [0, 0.1) is 6.92 Å². The van der Waals surface area contributed by atoms with Gasteiger partial charge in [-0.25, -0.2) is 0 Å². The molecule has 1 atom stereocenters. The maximum Gasteiger partial charge on any atom is 0.0876 e. The normalized spacial score (nSPS) is 12.6. The number of H-pyrrole nitrogens is 1. The summed E-state index contributed by atoms with van der Waals surface area (Å²) in [6.45, 7) is 2.64. The second kappa shape index (κ2) is 5.75. The van der Waals surface area contributed by atoms with Crippen LogP contribution in [0.5, 0.6) is 0 Å². The molecule has 0 bridgehead atoms. The predicted octanol–water partition coefficient (Wildman–Crippen LogP) is 0.857. The van der Waals surface area contributed by atoms with E-state index in [1.165, 1.54) is 5.56 Å². The fraction of sp³-hybridized carbons (Fsp3) is 0.385. The van der Waals surface area contributed by atoms with E-state index in [-0.39, 0.29) is 6.04 Å². The summed E-state index contributed by atoms with van der Waals surface area (Å²) in [6, 6.07) is 8.09. The van der Waals surface area contributed by atoms with Gasteiger partial charge in [0, 0.05) is 18.9 Å². The second-order valence-corrected chi connectivity index (χ2v) is 4.42. The van der Waals surface area contributed by atoms with E-state index in [0.29, 0.717) is 13.0 Å². The molecule has 2 rings (SSSR count). The minimum Gasteiger partial charge on any atom is -0.330 e. The number of benzene rings is 1. The molecule has 0 saturated carbocycles. The maximum absolute atomic E-state index is 6.24. The van der Waals surface area contributed by atoms with Gasteiger partial charge in [0.2, 0.25) is 0 Å². The summed E-state index contributed by atoms with van der Waals surface area (Å²) in [6.07, 6.45) is 1.41. The lowest BCUT2D eigenvalue weighted by Crippen LogP contribution is -2.16. The molecule has 0 aliphatic rings. The van der Waals surface area contributed by atoms with Gasteiger partial charge in [-0.05, 0) is 24.6 Å². The average molecular weight is 245 g/mol. The SMILES string of the molecule is Cc1ccccc1C(N)Cc1n[nH]nc1CCN. The van der Waals surface area contributed by atoms with Crippen molar-refractivity contribution < 1.29 is 0 Å².